The summed E-state index contributed by atoms with van der Waals surface area (Å²) in [7, 11) is 0. The molecular weight excluding hydrogens is 464 g/mol. The summed E-state index contributed by atoms with van der Waals surface area (Å²) in [5.41, 5.74) is 3.50. The molecule has 5 nitrogen and oxygen atoms in total. The minimum Gasteiger partial charge on any atom is -0.478 e. The summed E-state index contributed by atoms with van der Waals surface area (Å²) < 4.78 is 2.11. The molecule has 34 heavy (non-hydrogen) atoms. The van der Waals surface area contributed by atoms with Crippen LogP contribution in [0.4, 0.5) is 0 Å². The van der Waals surface area contributed by atoms with E-state index in [9.17, 15) is 14.7 Å². The van der Waals surface area contributed by atoms with Crippen molar-refractivity contribution in [3.05, 3.63) is 76.2 Å². The van der Waals surface area contributed by atoms with Crippen LogP contribution in [0.25, 0.3) is 22.8 Å². The van der Waals surface area contributed by atoms with Crippen molar-refractivity contribution in [3.63, 3.8) is 0 Å². The van der Waals surface area contributed by atoms with Gasteiger partial charge in [0.1, 0.15) is 5.82 Å². The van der Waals surface area contributed by atoms with Gasteiger partial charge in [0.2, 0.25) is 5.78 Å². The molecule has 0 bridgehead atoms. The molecule has 0 saturated carbocycles. The number of carboxylic acid groups (broad SMARTS) is 1. The van der Waals surface area contributed by atoms with E-state index < -0.39 is 5.97 Å². The SMILES string of the molecule is CCCCc1nc2c(n1Cc1ccc(-c3ccccc3C(=O)O)cc1)=CC(=S)C(=O)C(=S)C=2C. The summed E-state index contributed by atoms with van der Waals surface area (Å²) >= 11 is 10.7. The lowest BCUT2D eigenvalue weighted by Gasteiger charge is -2.11. The summed E-state index contributed by atoms with van der Waals surface area (Å²) in [4.78, 5) is 29.4. The van der Waals surface area contributed by atoms with Crippen molar-refractivity contribution in [1.29, 1.82) is 0 Å². The van der Waals surface area contributed by atoms with Crippen molar-refractivity contribution in [1.82, 2.24) is 9.55 Å². The molecule has 3 aromatic rings. The second-order valence-electron chi connectivity index (χ2n) is 8.29. The number of fused-ring (bicyclic) bond motifs is 1. The number of carboxylic acids is 1. The van der Waals surface area contributed by atoms with Crippen molar-refractivity contribution in [2.24, 2.45) is 0 Å². The van der Waals surface area contributed by atoms with Gasteiger partial charge < -0.3 is 9.67 Å². The zero-order chi connectivity index (χ0) is 24.4. The average Bonchev–Trinajstić information content (AvgIpc) is 3.14. The molecule has 1 aliphatic rings. The van der Waals surface area contributed by atoms with Crippen LogP contribution in [0.5, 0.6) is 0 Å². The molecule has 1 aliphatic carbocycles. The second-order valence-corrected chi connectivity index (χ2v) is 9.14. The Morgan fingerprint density at radius 3 is 2.47 bits per heavy atom. The van der Waals surface area contributed by atoms with Crippen LogP contribution in [-0.2, 0) is 17.8 Å². The monoisotopic (exact) mass is 488 g/mol. The van der Waals surface area contributed by atoms with Crippen LogP contribution in [0, 0.1) is 0 Å². The lowest BCUT2D eigenvalue weighted by atomic mass is 9.99. The molecule has 0 fully saturated rings. The van der Waals surface area contributed by atoms with Gasteiger partial charge in [-0.3, -0.25) is 4.79 Å². The highest BCUT2D eigenvalue weighted by Crippen LogP contribution is 2.24. The first kappa shape index (κ1) is 23.9. The number of aryl methyl sites for hydroxylation is 1. The third-order valence-electron chi connectivity index (χ3n) is 6.00. The first-order valence-corrected chi connectivity index (χ1v) is 12.0. The molecule has 0 spiro atoms. The number of unbranched alkanes of at least 4 members (excludes halogenated alkanes) is 1. The lowest BCUT2D eigenvalue weighted by Crippen LogP contribution is -2.32. The standard InChI is InChI=1S/C27H24N2O3S2/c1-3-4-9-23-28-24-16(2)26(34)25(30)22(33)14-21(24)29(23)15-17-10-12-18(13-11-17)19-7-5-6-8-20(19)27(31)32/h5-8,10-14H,3-4,9,15H2,1-2H3,(H,31,32). The molecule has 1 heterocycles. The van der Waals surface area contributed by atoms with Gasteiger partial charge in [0.05, 0.1) is 26.0 Å². The Hall–Kier alpha value is -3.29. The summed E-state index contributed by atoms with van der Waals surface area (Å²) in [5.74, 6) is -0.321. The van der Waals surface area contributed by atoms with Crippen molar-refractivity contribution in [3.8, 4) is 11.1 Å². The second kappa shape index (κ2) is 9.91. The molecule has 0 atom stereocenters. The van der Waals surface area contributed by atoms with E-state index in [0.29, 0.717) is 17.7 Å². The van der Waals surface area contributed by atoms with Crippen LogP contribution in [-0.4, -0.2) is 36.1 Å². The number of hydrogen-bond donors (Lipinski definition) is 1. The number of aromatic nitrogens is 2. The Morgan fingerprint density at radius 2 is 1.79 bits per heavy atom. The fourth-order valence-corrected chi connectivity index (χ4v) is 4.60. The van der Waals surface area contributed by atoms with Crippen LogP contribution in [0.2, 0.25) is 0 Å². The Kier molecular flexibility index (Phi) is 6.95. The summed E-state index contributed by atoms with van der Waals surface area (Å²) in [6.45, 7) is 4.52. The van der Waals surface area contributed by atoms with Crippen molar-refractivity contribution >= 4 is 57.6 Å². The normalized spacial score (nSPS) is 13.5. The molecule has 7 heteroatoms. The number of hydrogen-bond acceptors (Lipinski definition) is 5. The first-order chi connectivity index (χ1) is 16.3. The van der Waals surface area contributed by atoms with E-state index in [2.05, 4.69) is 11.5 Å². The first-order valence-electron chi connectivity index (χ1n) is 11.1. The van der Waals surface area contributed by atoms with Gasteiger partial charge in [-0.25, -0.2) is 9.78 Å². The quantitative estimate of drug-likeness (QED) is 0.509. The molecule has 172 valence electrons. The van der Waals surface area contributed by atoms with Gasteiger partial charge in [-0.1, -0.05) is 80.2 Å². The highest BCUT2D eigenvalue weighted by atomic mass is 32.1. The molecule has 2 aromatic carbocycles. The van der Waals surface area contributed by atoms with Gasteiger partial charge >= 0.3 is 5.97 Å². The predicted octanol–water partition coefficient (Wildman–Crippen LogP) is 3.91. The van der Waals surface area contributed by atoms with E-state index in [4.69, 9.17) is 29.4 Å². The van der Waals surface area contributed by atoms with Gasteiger partial charge in [-0.15, -0.1) is 0 Å². The zero-order valence-electron chi connectivity index (χ0n) is 19.0. The number of thiocarbonyl (C=S) groups is 2. The zero-order valence-corrected chi connectivity index (χ0v) is 20.6. The highest BCUT2D eigenvalue weighted by Gasteiger charge is 2.22. The number of ketones is 1. The summed E-state index contributed by atoms with van der Waals surface area (Å²) in [5, 5.41) is 11.0. The molecule has 0 radical (unpaired) electrons. The topological polar surface area (TPSA) is 72.2 Å². The van der Waals surface area contributed by atoms with Crippen molar-refractivity contribution in [2.45, 2.75) is 39.7 Å². The molecule has 0 aliphatic heterocycles. The number of carbonyl (C=O) groups is 2. The maximum Gasteiger partial charge on any atom is 0.336 e. The number of nitrogens with zero attached hydrogens (tertiary/aromatic N) is 2. The van der Waals surface area contributed by atoms with Gasteiger partial charge in [0.15, 0.2) is 0 Å². The number of carbonyl (C=O) groups excluding carboxylic acids is 1. The lowest BCUT2D eigenvalue weighted by molar-refractivity contribution is -0.106. The molecule has 1 aromatic heterocycles. The number of benzene rings is 2. The number of imidazole rings is 1. The Morgan fingerprint density at radius 1 is 1.09 bits per heavy atom. The van der Waals surface area contributed by atoms with Gasteiger partial charge in [-0.05, 0) is 47.8 Å². The summed E-state index contributed by atoms with van der Waals surface area (Å²) in [6, 6.07) is 14.8. The fourth-order valence-electron chi connectivity index (χ4n) is 4.11. The van der Waals surface area contributed by atoms with Gasteiger partial charge in [-0.2, -0.15) is 0 Å². The van der Waals surface area contributed by atoms with E-state index >= 15 is 0 Å². The number of aromatic carboxylic acids is 1. The Bertz CT molecular complexity index is 1450. The van der Waals surface area contributed by atoms with Gasteiger partial charge in [0, 0.05) is 13.0 Å². The van der Waals surface area contributed by atoms with Crippen molar-refractivity contribution in [2.75, 3.05) is 0 Å². The smallest absolute Gasteiger partial charge is 0.336 e. The number of rotatable bonds is 7. The fraction of sp³-hybridized carbons (Fsp3) is 0.222. The number of Topliss-reactive ketones (excluding diaryl/α,β-unsaturated/α-hetero) is 1. The molecule has 0 amide bonds. The molecule has 1 N–H and O–H groups in total. The Labute approximate surface area is 208 Å². The molecular formula is C27H24N2O3S2. The summed E-state index contributed by atoms with van der Waals surface area (Å²) in [6.07, 6.45) is 4.56. The van der Waals surface area contributed by atoms with E-state index in [0.717, 1.165) is 46.9 Å². The molecule has 0 saturated heterocycles. The third-order valence-corrected chi connectivity index (χ3v) is 6.79. The molecule has 4 rings (SSSR count). The van der Waals surface area contributed by atoms with Crippen LogP contribution in [0.15, 0.2) is 48.5 Å². The highest BCUT2D eigenvalue weighted by molar-refractivity contribution is 7.87. The Balaban J connectivity index is 1.78. The van der Waals surface area contributed by atoms with E-state index in [1.807, 2.05) is 43.3 Å². The third kappa shape index (κ3) is 4.54. The van der Waals surface area contributed by atoms with Crippen LogP contribution >= 0.6 is 24.4 Å². The van der Waals surface area contributed by atoms with Gasteiger partial charge in [0.25, 0.3) is 0 Å². The van der Waals surface area contributed by atoms with Crippen molar-refractivity contribution < 1.29 is 14.7 Å². The molecule has 0 unspecified atom stereocenters. The maximum atomic E-state index is 12.5. The predicted molar refractivity (Wildman–Crippen MR) is 142 cm³/mol. The maximum absolute atomic E-state index is 12.5. The minimum absolute atomic E-state index is 0.201. The minimum atomic E-state index is -0.952. The van der Waals surface area contributed by atoms with E-state index in [1.54, 1.807) is 18.2 Å². The van der Waals surface area contributed by atoms with Crippen LogP contribution < -0.4 is 10.7 Å². The largest absolute Gasteiger partial charge is 0.478 e. The van der Waals surface area contributed by atoms with E-state index in [-0.39, 0.29) is 21.1 Å². The average molecular weight is 489 g/mol. The van der Waals surface area contributed by atoms with Crippen LogP contribution in [0.3, 0.4) is 0 Å². The van der Waals surface area contributed by atoms with E-state index in [1.165, 1.54) is 0 Å². The van der Waals surface area contributed by atoms with Crippen LogP contribution in [0.1, 0.15) is 48.4 Å².